The van der Waals surface area contributed by atoms with Gasteiger partial charge in [-0.1, -0.05) is 78.9 Å². The lowest BCUT2D eigenvalue weighted by Crippen LogP contribution is -2.21. The molecule has 0 saturated carbocycles. The Balaban J connectivity index is 1.96. The van der Waals surface area contributed by atoms with Crippen molar-refractivity contribution in [1.82, 2.24) is 0 Å². The summed E-state index contributed by atoms with van der Waals surface area (Å²) in [4.78, 5) is 25.5. The molecule has 1 aliphatic rings. The Labute approximate surface area is 150 Å². The van der Waals surface area contributed by atoms with E-state index in [9.17, 15) is 9.59 Å². The third kappa shape index (κ3) is 1.99. The molecule has 2 nitrogen and oxygen atoms in total. The molecule has 0 fully saturated rings. The number of hydrogen-bond donors (Lipinski definition) is 0. The molecule has 0 atom stereocenters. The zero-order valence-electron chi connectivity index (χ0n) is 13.9. The topological polar surface area (TPSA) is 34.1 Å². The van der Waals surface area contributed by atoms with Crippen molar-refractivity contribution in [3.8, 4) is 22.3 Å². The van der Waals surface area contributed by atoms with Crippen LogP contribution in [0.4, 0.5) is 0 Å². The molecular formula is C24H14O2. The van der Waals surface area contributed by atoms with Gasteiger partial charge in [0.1, 0.15) is 0 Å². The van der Waals surface area contributed by atoms with Crippen LogP contribution >= 0.6 is 0 Å². The molecule has 5 rings (SSSR count). The number of carbonyl (C=O) groups excluding carboxylic acids is 2. The van der Waals surface area contributed by atoms with Crippen LogP contribution in [0.5, 0.6) is 0 Å². The summed E-state index contributed by atoms with van der Waals surface area (Å²) in [5.74, 6) is -0.847. The highest BCUT2D eigenvalue weighted by atomic mass is 16.2. The van der Waals surface area contributed by atoms with E-state index in [1.54, 1.807) is 12.1 Å². The summed E-state index contributed by atoms with van der Waals surface area (Å²) in [7, 11) is 0. The second kappa shape index (κ2) is 5.50. The van der Waals surface area contributed by atoms with Gasteiger partial charge in [0.05, 0.1) is 0 Å². The van der Waals surface area contributed by atoms with Crippen LogP contribution in [-0.4, -0.2) is 11.6 Å². The first-order chi connectivity index (χ1) is 12.8. The third-order valence-corrected chi connectivity index (χ3v) is 5.02. The lowest BCUT2D eigenvalue weighted by Gasteiger charge is -2.21. The van der Waals surface area contributed by atoms with Crippen LogP contribution in [0.3, 0.4) is 0 Å². The lowest BCUT2D eigenvalue weighted by atomic mass is 9.79. The first kappa shape index (κ1) is 14.8. The molecule has 0 amide bonds. The van der Waals surface area contributed by atoms with Gasteiger partial charge in [-0.2, -0.15) is 0 Å². The Morgan fingerprint density at radius 2 is 1.08 bits per heavy atom. The van der Waals surface area contributed by atoms with E-state index >= 15 is 0 Å². The summed E-state index contributed by atoms with van der Waals surface area (Å²) < 4.78 is 0. The fourth-order valence-corrected chi connectivity index (χ4v) is 3.84. The van der Waals surface area contributed by atoms with E-state index in [1.807, 2.05) is 54.6 Å². The minimum atomic E-state index is -0.425. The van der Waals surface area contributed by atoms with Gasteiger partial charge in [-0.15, -0.1) is 0 Å². The molecular weight excluding hydrogens is 320 g/mol. The van der Waals surface area contributed by atoms with Gasteiger partial charge in [-0.25, -0.2) is 0 Å². The van der Waals surface area contributed by atoms with Crippen molar-refractivity contribution < 1.29 is 9.59 Å². The average molecular weight is 334 g/mol. The second-order valence-corrected chi connectivity index (χ2v) is 6.46. The van der Waals surface area contributed by atoms with Gasteiger partial charge in [-0.05, 0) is 39.1 Å². The molecule has 0 radical (unpaired) electrons. The number of rotatable bonds is 1. The Bertz CT molecular complexity index is 1200. The quantitative estimate of drug-likeness (QED) is 0.428. The molecule has 122 valence electrons. The number of benzene rings is 4. The number of ketones is 2. The molecule has 4 aromatic carbocycles. The van der Waals surface area contributed by atoms with Crippen LogP contribution in [0.15, 0.2) is 84.9 Å². The van der Waals surface area contributed by atoms with E-state index in [2.05, 4.69) is 18.2 Å². The fourth-order valence-electron chi connectivity index (χ4n) is 3.84. The highest BCUT2D eigenvalue weighted by Crippen LogP contribution is 2.41. The van der Waals surface area contributed by atoms with Crippen molar-refractivity contribution in [1.29, 1.82) is 0 Å². The molecule has 0 aromatic heterocycles. The summed E-state index contributed by atoms with van der Waals surface area (Å²) in [6.45, 7) is 0. The molecule has 0 N–H and O–H groups in total. The van der Waals surface area contributed by atoms with E-state index < -0.39 is 11.6 Å². The predicted molar refractivity (Wildman–Crippen MR) is 103 cm³/mol. The summed E-state index contributed by atoms with van der Waals surface area (Å²) in [6, 6.07) is 27.4. The van der Waals surface area contributed by atoms with Gasteiger partial charge in [-0.3, -0.25) is 9.59 Å². The molecule has 4 aromatic rings. The van der Waals surface area contributed by atoms with Gasteiger partial charge in [0.2, 0.25) is 11.6 Å². The van der Waals surface area contributed by atoms with Crippen LogP contribution in [-0.2, 0) is 0 Å². The van der Waals surface area contributed by atoms with Crippen molar-refractivity contribution in [2.75, 3.05) is 0 Å². The van der Waals surface area contributed by atoms with Crippen LogP contribution < -0.4 is 0 Å². The maximum absolute atomic E-state index is 12.9. The predicted octanol–water partition coefficient (Wildman–Crippen LogP) is 5.55. The number of hydrogen-bond acceptors (Lipinski definition) is 2. The average Bonchev–Trinajstić information content (AvgIpc) is 2.71. The van der Waals surface area contributed by atoms with E-state index in [-0.39, 0.29) is 0 Å². The van der Waals surface area contributed by atoms with E-state index in [0.717, 1.165) is 33.0 Å². The number of fused-ring (bicyclic) bond motifs is 5. The molecule has 0 heterocycles. The molecule has 2 heteroatoms. The Morgan fingerprint density at radius 3 is 1.85 bits per heavy atom. The molecule has 26 heavy (non-hydrogen) atoms. The monoisotopic (exact) mass is 334 g/mol. The molecule has 0 saturated heterocycles. The molecule has 0 bridgehead atoms. The van der Waals surface area contributed by atoms with E-state index in [1.165, 1.54) is 0 Å². The van der Waals surface area contributed by atoms with Gasteiger partial charge in [0.25, 0.3) is 0 Å². The molecule has 0 aliphatic heterocycles. The largest absolute Gasteiger partial charge is 0.285 e. The van der Waals surface area contributed by atoms with Gasteiger partial charge in [0, 0.05) is 11.1 Å². The van der Waals surface area contributed by atoms with Crippen LogP contribution in [0.2, 0.25) is 0 Å². The zero-order chi connectivity index (χ0) is 17.7. The summed E-state index contributed by atoms with van der Waals surface area (Å²) in [6.07, 6.45) is 0. The van der Waals surface area contributed by atoms with Crippen LogP contribution in [0.1, 0.15) is 20.7 Å². The van der Waals surface area contributed by atoms with Gasteiger partial charge >= 0.3 is 0 Å². The second-order valence-electron chi connectivity index (χ2n) is 6.46. The Kier molecular flexibility index (Phi) is 3.13. The maximum atomic E-state index is 12.9. The summed E-state index contributed by atoms with van der Waals surface area (Å²) >= 11 is 0. The summed E-state index contributed by atoms with van der Waals surface area (Å²) in [5.41, 5.74) is 4.83. The van der Waals surface area contributed by atoms with Crippen LogP contribution in [0, 0.1) is 0 Å². The van der Waals surface area contributed by atoms with Gasteiger partial charge < -0.3 is 0 Å². The SMILES string of the molecule is O=C1C(=O)c2c(cc(-c3ccccc3)c3ccccc23)-c2ccccc21. The molecule has 1 aliphatic carbocycles. The first-order valence-electron chi connectivity index (χ1n) is 8.55. The maximum Gasteiger partial charge on any atom is 0.234 e. The third-order valence-electron chi connectivity index (χ3n) is 5.02. The van der Waals surface area contributed by atoms with Crippen molar-refractivity contribution in [2.45, 2.75) is 0 Å². The van der Waals surface area contributed by atoms with E-state index in [4.69, 9.17) is 0 Å². The molecule has 0 unspecified atom stereocenters. The Morgan fingerprint density at radius 1 is 0.462 bits per heavy atom. The molecule has 0 spiro atoms. The minimum absolute atomic E-state index is 0.422. The Hall–Kier alpha value is -3.52. The zero-order valence-corrected chi connectivity index (χ0v) is 13.9. The van der Waals surface area contributed by atoms with Crippen molar-refractivity contribution in [3.05, 3.63) is 96.1 Å². The fraction of sp³-hybridized carbons (Fsp3) is 0. The van der Waals surface area contributed by atoms with E-state index in [0.29, 0.717) is 11.1 Å². The van der Waals surface area contributed by atoms with Crippen molar-refractivity contribution >= 4 is 22.3 Å². The standard InChI is InChI=1S/C24H14O2/c25-23-19-13-7-5-11-17(19)21-14-20(15-8-2-1-3-9-15)16-10-4-6-12-18(16)22(21)24(23)26/h1-14H. The normalized spacial score (nSPS) is 12.8. The number of carbonyl (C=O) groups is 2. The minimum Gasteiger partial charge on any atom is -0.285 e. The lowest BCUT2D eigenvalue weighted by molar-refractivity contribution is 0.0816. The van der Waals surface area contributed by atoms with Gasteiger partial charge in [0.15, 0.2) is 0 Å². The van der Waals surface area contributed by atoms with Crippen LogP contribution in [0.25, 0.3) is 33.0 Å². The summed E-state index contributed by atoms with van der Waals surface area (Å²) in [5, 5.41) is 1.81. The van der Waals surface area contributed by atoms with Crippen molar-refractivity contribution in [3.63, 3.8) is 0 Å². The smallest absolute Gasteiger partial charge is 0.234 e. The number of Topliss-reactive ketones (excluding diaryl/α,β-unsaturated/α-hetero) is 2. The highest BCUT2D eigenvalue weighted by molar-refractivity contribution is 6.54. The van der Waals surface area contributed by atoms with Crippen molar-refractivity contribution in [2.24, 2.45) is 0 Å². The first-order valence-corrected chi connectivity index (χ1v) is 8.55. The highest BCUT2D eigenvalue weighted by Gasteiger charge is 2.32.